The van der Waals surface area contributed by atoms with Gasteiger partial charge in [0.15, 0.2) is 11.5 Å². The first-order valence-electron chi connectivity index (χ1n) is 7.10. The molecule has 1 aromatic carbocycles. The van der Waals surface area contributed by atoms with E-state index in [2.05, 4.69) is 4.90 Å². The van der Waals surface area contributed by atoms with Gasteiger partial charge in [-0.05, 0) is 31.8 Å². The third-order valence-electron chi connectivity index (χ3n) is 3.61. The van der Waals surface area contributed by atoms with Crippen LogP contribution in [0.4, 0.5) is 0 Å². The van der Waals surface area contributed by atoms with E-state index >= 15 is 0 Å². The second kappa shape index (κ2) is 6.15. The number of benzene rings is 1. The van der Waals surface area contributed by atoms with Gasteiger partial charge in [-0.3, -0.25) is 4.79 Å². The Kier molecular flexibility index (Phi) is 4.26. The fourth-order valence-electron chi connectivity index (χ4n) is 2.49. The van der Waals surface area contributed by atoms with E-state index in [1.165, 1.54) is 0 Å². The van der Waals surface area contributed by atoms with Crippen LogP contribution in [0.25, 0.3) is 0 Å². The maximum atomic E-state index is 12.1. The average Bonchev–Trinajstić information content (AvgIpc) is 2.85. The van der Waals surface area contributed by atoms with Crippen molar-refractivity contribution in [1.29, 1.82) is 0 Å². The molecule has 0 aromatic heterocycles. The van der Waals surface area contributed by atoms with E-state index in [9.17, 15) is 4.79 Å². The standard InChI is InChI=1S/C15H20N2O3S/c1-16(2)5-6-17-14(18)10-21-15(17)11-3-4-12-13(9-11)20-8-7-19-12/h3-4,9,15H,5-8,10H2,1-2H3. The summed E-state index contributed by atoms with van der Waals surface area (Å²) in [6.07, 6.45) is 0. The van der Waals surface area contributed by atoms with Gasteiger partial charge in [0.2, 0.25) is 5.91 Å². The van der Waals surface area contributed by atoms with E-state index in [0.717, 1.165) is 30.2 Å². The van der Waals surface area contributed by atoms with Crippen LogP contribution in [-0.4, -0.2) is 61.9 Å². The Morgan fingerprint density at radius 2 is 2.05 bits per heavy atom. The number of ether oxygens (including phenoxy) is 2. The Labute approximate surface area is 129 Å². The van der Waals surface area contributed by atoms with Crippen molar-refractivity contribution in [1.82, 2.24) is 9.80 Å². The topological polar surface area (TPSA) is 42.0 Å². The summed E-state index contributed by atoms with van der Waals surface area (Å²) in [6.45, 7) is 2.79. The molecular formula is C15H20N2O3S. The molecule has 5 nitrogen and oxygen atoms in total. The molecule has 0 saturated carbocycles. The zero-order valence-corrected chi connectivity index (χ0v) is 13.2. The Bertz CT molecular complexity index is 536. The van der Waals surface area contributed by atoms with Crippen LogP contribution in [0.1, 0.15) is 10.9 Å². The minimum absolute atomic E-state index is 0.0771. The molecular weight excluding hydrogens is 288 g/mol. The predicted octanol–water partition coefficient (Wildman–Crippen LogP) is 1.59. The van der Waals surface area contributed by atoms with Gasteiger partial charge in [0.05, 0.1) is 5.75 Å². The van der Waals surface area contributed by atoms with Crippen LogP contribution in [0.15, 0.2) is 18.2 Å². The number of carbonyl (C=O) groups is 1. The van der Waals surface area contributed by atoms with Gasteiger partial charge in [0.1, 0.15) is 18.6 Å². The van der Waals surface area contributed by atoms with E-state index < -0.39 is 0 Å². The van der Waals surface area contributed by atoms with Gasteiger partial charge in [-0.1, -0.05) is 6.07 Å². The molecule has 0 bridgehead atoms. The number of thioether (sulfide) groups is 1. The summed E-state index contributed by atoms with van der Waals surface area (Å²) in [5, 5.41) is 0.0771. The molecule has 2 aliphatic heterocycles. The SMILES string of the molecule is CN(C)CCN1C(=O)CSC1c1ccc2c(c1)OCCO2. The minimum atomic E-state index is 0.0771. The molecule has 1 unspecified atom stereocenters. The Balaban J connectivity index is 1.79. The number of likely N-dealkylation sites (N-methyl/N-ethyl adjacent to an activating group) is 1. The summed E-state index contributed by atoms with van der Waals surface area (Å²) in [5.74, 6) is 2.33. The van der Waals surface area contributed by atoms with E-state index in [-0.39, 0.29) is 11.3 Å². The highest BCUT2D eigenvalue weighted by molar-refractivity contribution is 8.00. The largest absolute Gasteiger partial charge is 0.486 e. The van der Waals surface area contributed by atoms with Crippen molar-refractivity contribution in [2.75, 3.05) is 46.2 Å². The number of amides is 1. The third-order valence-corrected chi connectivity index (χ3v) is 4.86. The molecule has 6 heteroatoms. The molecule has 2 heterocycles. The molecule has 3 rings (SSSR count). The van der Waals surface area contributed by atoms with Crippen LogP contribution in [0.3, 0.4) is 0 Å². The minimum Gasteiger partial charge on any atom is -0.486 e. The van der Waals surface area contributed by atoms with Crippen molar-refractivity contribution in [3.63, 3.8) is 0 Å². The Morgan fingerprint density at radius 3 is 2.81 bits per heavy atom. The van der Waals surface area contributed by atoms with Crippen molar-refractivity contribution in [3.05, 3.63) is 23.8 Å². The molecule has 0 radical (unpaired) electrons. The fourth-order valence-corrected chi connectivity index (χ4v) is 3.70. The number of rotatable bonds is 4. The number of nitrogens with zero attached hydrogens (tertiary/aromatic N) is 2. The summed E-state index contributed by atoms with van der Waals surface area (Å²) in [4.78, 5) is 16.1. The molecule has 1 fully saturated rings. The third kappa shape index (κ3) is 3.11. The summed E-state index contributed by atoms with van der Waals surface area (Å²) in [5.41, 5.74) is 1.11. The molecule has 0 spiro atoms. The van der Waals surface area contributed by atoms with E-state index in [1.807, 2.05) is 37.2 Å². The first-order valence-corrected chi connectivity index (χ1v) is 8.15. The monoisotopic (exact) mass is 308 g/mol. The summed E-state index contributed by atoms with van der Waals surface area (Å²) in [6, 6.07) is 5.98. The zero-order chi connectivity index (χ0) is 14.8. The second-order valence-corrected chi connectivity index (χ2v) is 6.53. The Morgan fingerprint density at radius 1 is 1.29 bits per heavy atom. The quantitative estimate of drug-likeness (QED) is 0.845. The molecule has 114 valence electrons. The number of carbonyl (C=O) groups excluding carboxylic acids is 1. The van der Waals surface area contributed by atoms with Crippen molar-refractivity contribution < 1.29 is 14.3 Å². The van der Waals surface area contributed by atoms with Gasteiger partial charge >= 0.3 is 0 Å². The van der Waals surface area contributed by atoms with Gasteiger partial charge in [0.25, 0.3) is 0 Å². The van der Waals surface area contributed by atoms with E-state index in [1.54, 1.807) is 11.8 Å². The number of fused-ring (bicyclic) bond motifs is 1. The lowest BCUT2D eigenvalue weighted by Gasteiger charge is -2.27. The lowest BCUT2D eigenvalue weighted by molar-refractivity contribution is -0.128. The van der Waals surface area contributed by atoms with Crippen LogP contribution in [-0.2, 0) is 4.79 Å². The summed E-state index contributed by atoms with van der Waals surface area (Å²) < 4.78 is 11.2. The summed E-state index contributed by atoms with van der Waals surface area (Å²) >= 11 is 1.68. The first-order chi connectivity index (χ1) is 10.1. The smallest absolute Gasteiger partial charge is 0.233 e. The van der Waals surface area contributed by atoms with E-state index in [0.29, 0.717) is 19.0 Å². The predicted molar refractivity (Wildman–Crippen MR) is 82.9 cm³/mol. The first kappa shape index (κ1) is 14.5. The highest BCUT2D eigenvalue weighted by Gasteiger charge is 2.33. The molecule has 0 N–H and O–H groups in total. The maximum absolute atomic E-state index is 12.1. The van der Waals surface area contributed by atoms with Crippen molar-refractivity contribution >= 4 is 17.7 Å². The highest BCUT2D eigenvalue weighted by atomic mass is 32.2. The molecule has 1 atom stereocenters. The van der Waals surface area contributed by atoms with Crippen molar-refractivity contribution in [2.24, 2.45) is 0 Å². The van der Waals surface area contributed by atoms with Gasteiger partial charge in [0, 0.05) is 13.1 Å². The normalized spacial score (nSPS) is 21.2. The molecule has 0 aliphatic carbocycles. The van der Waals surface area contributed by atoms with Crippen LogP contribution < -0.4 is 9.47 Å². The molecule has 1 saturated heterocycles. The van der Waals surface area contributed by atoms with Crippen molar-refractivity contribution in [2.45, 2.75) is 5.37 Å². The second-order valence-electron chi connectivity index (χ2n) is 5.46. The number of hydrogen-bond acceptors (Lipinski definition) is 5. The maximum Gasteiger partial charge on any atom is 0.233 e. The molecule has 1 aromatic rings. The van der Waals surface area contributed by atoms with Gasteiger partial charge < -0.3 is 19.3 Å². The Hall–Kier alpha value is -1.40. The van der Waals surface area contributed by atoms with Crippen molar-refractivity contribution in [3.8, 4) is 11.5 Å². The fraction of sp³-hybridized carbons (Fsp3) is 0.533. The van der Waals surface area contributed by atoms with Crippen LogP contribution in [0.5, 0.6) is 11.5 Å². The van der Waals surface area contributed by atoms with Gasteiger partial charge in [-0.15, -0.1) is 11.8 Å². The summed E-state index contributed by atoms with van der Waals surface area (Å²) in [7, 11) is 4.04. The van der Waals surface area contributed by atoms with Gasteiger partial charge in [-0.25, -0.2) is 0 Å². The average molecular weight is 308 g/mol. The molecule has 2 aliphatic rings. The molecule has 21 heavy (non-hydrogen) atoms. The lowest BCUT2D eigenvalue weighted by Crippen LogP contribution is -2.34. The van der Waals surface area contributed by atoms with Gasteiger partial charge in [-0.2, -0.15) is 0 Å². The highest BCUT2D eigenvalue weighted by Crippen LogP contribution is 2.41. The molecule has 1 amide bonds. The lowest BCUT2D eigenvalue weighted by atomic mass is 10.1. The van der Waals surface area contributed by atoms with Crippen LogP contribution in [0.2, 0.25) is 0 Å². The van der Waals surface area contributed by atoms with Crippen LogP contribution in [0, 0.1) is 0 Å². The van der Waals surface area contributed by atoms with E-state index in [4.69, 9.17) is 9.47 Å². The number of hydrogen-bond donors (Lipinski definition) is 0. The van der Waals surface area contributed by atoms with Crippen LogP contribution >= 0.6 is 11.8 Å². The zero-order valence-electron chi connectivity index (χ0n) is 12.4.